The Bertz CT molecular complexity index is 862. The molecule has 0 unspecified atom stereocenters. The molecule has 160 valence electrons. The molecule has 0 radical (unpaired) electrons. The van der Waals surface area contributed by atoms with E-state index in [4.69, 9.17) is 14.2 Å². The van der Waals surface area contributed by atoms with Crippen LogP contribution in [0.3, 0.4) is 0 Å². The van der Waals surface area contributed by atoms with Crippen molar-refractivity contribution in [3.8, 4) is 11.5 Å². The number of anilines is 1. The lowest BCUT2D eigenvalue weighted by Crippen LogP contribution is -2.41. The van der Waals surface area contributed by atoms with Crippen LogP contribution in [0.15, 0.2) is 48.5 Å². The van der Waals surface area contributed by atoms with Crippen LogP contribution in [0.25, 0.3) is 0 Å². The number of rotatable bonds is 9. The lowest BCUT2D eigenvalue weighted by molar-refractivity contribution is -0.152. The van der Waals surface area contributed by atoms with Crippen molar-refractivity contribution in [2.45, 2.75) is 20.0 Å². The molecule has 2 aromatic rings. The maximum Gasteiger partial charge on any atom is 0.326 e. The number of ether oxygens (including phenoxy) is 3. The summed E-state index contributed by atoms with van der Waals surface area (Å²) >= 11 is 0. The first kappa shape index (κ1) is 22.7. The highest BCUT2D eigenvalue weighted by atomic mass is 16.5. The first-order valence-electron chi connectivity index (χ1n) is 9.46. The first-order chi connectivity index (χ1) is 14.4. The number of hydrogen-bond donors (Lipinski definition) is 1. The second kappa shape index (κ2) is 10.8. The summed E-state index contributed by atoms with van der Waals surface area (Å²) in [6.07, 6.45) is -0.994. The van der Waals surface area contributed by atoms with Crippen molar-refractivity contribution in [2.75, 3.05) is 32.2 Å². The van der Waals surface area contributed by atoms with Gasteiger partial charge in [0.05, 0.1) is 14.2 Å². The number of carbonyl (C=O) groups is 3. The van der Waals surface area contributed by atoms with E-state index in [0.717, 1.165) is 0 Å². The van der Waals surface area contributed by atoms with E-state index in [-0.39, 0.29) is 18.0 Å². The van der Waals surface area contributed by atoms with E-state index in [1.807, 2.05) is 25.1 Å². The van der Waals surface area contributed by atoms with Gasteiger partial charge in [0, 0.05) is 23.9 Å². The zero-order valence-corrected chi connectivity index (χ0v) is 17.5. The van der Waals surface area contributed by atoms with E-state index in [9.17, 15) is 14.4 Å². The Labute approximate surface area is 175 Å². The van der Waals surface area contributed by atoms with Crippen LogP contribution in [0.4, 0.5) is 5.69 Å². The predicted molar refractivity (Wildman–Crippen MR) is 112 cm³/mol. The number of benzene rings is 2. The Morgan fingerprint density at radius 1 is 1.00 bits per heavy atom. The number of para-hydroxylation sites is 1. The molecule has 0 spiro atoms. The standard InChI is InChI=1S/C22H26N2O6/c1-5-24(17-9-7-6-8-10-17)22(27)15(2)30-20(25)14-23-21(26)16-11-18(28-3)13-19(12-16)29-4/h6-13,15H,5,14H2,1-4H3,(H,23,26)/t15-/m1/s1. The highest BCUT2D eigenvalue weighted by Crippen LogP contribution is 2.22. The number of esters is 1. The molecule has 0 aromatic heterocycles. The minimum atomic E-state index is -0.994. The minimum absolute atomic E-state index is 0.268. The van der Waals surface area contributed by atoms with Crippen LogP contribution < -0.4 is 19.7 Å². The number of likely N-dealkylation sites (N-methyl/N-ethyl adjacent to an activating group) is 1. The molecule has 8 heteroatoms. The Morgan fingerprint density at radius 2 is 1.60 bits per heavy atom. The normalized spacial score (nSPS) is 11.2. The first-order valence-corrected chi connectivity index (χ1v) is 9.46. The maximum absolute atomic E-state index is 12.6. The molecular weight excluding hydrogens is 388 g/mol. The average Bonchev–Trinajstić information content (AvgIpc) is 2.78. The molecule has 1 N–H and O–H groups in total. The second-order valence-electron chi connectivity index (χ2n) is 6.33. The van der Waals surface area contributed by atoms with Gasteiger partial charge in [0.2, 0.25) is 0 Å². The van der Waals surface area contributed by atoms with Gasteiger partial charge in [0.25, 0.3) is 11.8 Å². The third-order valence-electron chi connectivity index (χ3n) is 4.31. The van der Waals surface area contributed by atoms with Crippen LogP contribution in [0.1, 0.15) is 24.2 Å². The molecular formula is C22H26N2O6. The topological polar surface area (TPSA) is 94.2 Å². The number of amides is 2. The van der Waals surface area contributed by atoms with E-state index >= 15 is 0 Å². The van der Waals surface area contributed by atoms with Gasteiger partial charge < -0.3 is 24.4 Å². The van der Waals surface area contributed by atoms with Gasteiger partial charge in [-0.1, -0.05) is 18.2 Å². The number of nitrogens with one attached hydrogen (secondary N) is 1. The van der Waals surface area contributed by atoms with Crippen LogP contribution in [-0.4, -0.2) is 51.2 Å². The predicted octanol–water partition coefficient (Wildman–Crippen LogP) is 2.42. The molecule has 8 nitrogen and oxygen atoms in total. The number of methoxy groups -OCH3 is 2. The fourth-order valence-corrected chi connectivity index (χ4v) is 2.78. The van der Waals surface area contributed by atoms with Gasteiger partial charge in [-0.3, -0.25) is 14.4 Å². The maximum atomic E-state index is 12.6. The van der Waals surface area contributed by atoms with Crippen LogP contribution in [-0.2, 0) is 14.3 Å². The van der Waals surface area contributed by atoms with Crippen molar-refractivity contribution in [3.05, 3.63) is 54.1 Å². The number of carbonyl (C=O) groups excluding carboxylic acids is 3. The summed E-state index contributed by atoms with van der Waals surface area (Å²) in [5, 5.41) is 2.47. The summed E-state index contributed by atoms with van der Waals surface area (Å²) in [6.45, 7) is 3.38. The Kier molecular flexibility index (Phi) is 8.22. The fourth-order valence-electron chi connectivity index (χ4n) is 2.78. The van der Waals surface area contributed by atoms with Crippen molar-refractivity contribution in [2.24, 2.45) is 0 Å². The summed E-state index contributed by atoms with van der Waals surface area (Å²) < 4.78 is 15.5. The van der Waals surface area contributed by atoms with Crippen LogP contribution in [0.5, 0.6) is 11.5 Å². The lowest BCUT2D eigenvalue weighted by atomic mass is 10.2. The van der Waals surface area contributed by atoms with Crippen LogP contribution in [0, 0.1) is 0 Å². The molecule has 0 heterocycles. The van der Waals surface area contributed by atoms with Crippen molar-refractivity contribution in [1.29, 1.82) is 0 Å². The molecule has 2 amide bonds. The van der Waals surface area contributed by atoms with E-state index in [1.54, 1.807) is 18.2 Å². The van der Waals surface area contributed by atoms with Gasteiger partial charge in [-0.2, -0.15) is 0 Å². The highest BCUT2D eigenvalue weighted by Gasteiger charge is 2.24. The SMILES string of the molecule is CCN(C(=O)[C@@H](C)OC(=O)CNC(=O)c1cc(OC)cc(OC)c1)c1ccccc1. The monoisotopic (exact) mass is 414 g/mol. The zero-order chi connectivity index (χ0) is 22.1. The van der Waals surface area contributed by atoms with Gasteiger partial charge in [0.15, 0.2) is 6.10 Å². The molecule has 2 aromatic carbocycles. The van der Waals surface area contributed by atoms with Crippen molar-refractivity contribution >= 4 is 23.5 Å². The molecule has 0 bridgehead atoms. The molecule has 2 rings (SSSR count). The Hall–Kier alpha value is -3.55. The van der Waals surface area contributed by atoms with Crippen LogP contribution in [0.2, 0.25) is 0 Å². The average molecular weight is 414 g/mol. The van der Waals surface area contributed by atoms with Gasteiger partial charge in [-0.05, 0) is 38.1 Å². The van der Waals surface area contributed by atoms with E-state index in [2.05, 4.69) is 5.32 Å². The molecule has 0 saturated carbocycles. The molecule has 30 heavy (non-hydrogen) atoms. The van der Waals surface area contributed by atoms with Gasteiger partial charge in [-0.25, -0.2) is 0 Å². The van der Waals surface area contributed by atoms with Crippen molar-refractivity contribution in [1.82, 2.24) is 5.32 Å². The van der Waals surface area contributed by atoms with E-state index in [0.29, 0.717) is 23.7 Å². The minimum Gasteiger partial charge on any atom is -0.497 e. The third-order valence-corrected chi connectivity index (χ3v) is 4.31. The Balaban J connectivity index is 1.93. The smallest absolute Gasteiger partial charge is 0.326 e. The van der Waals surface area contributed by atoms with Crippen molar-refractivity contribution in [3.63, 3.8) is 0 Å². The number of nitrogens with zero attached hydrogens (tertiary/aromatic N) is 1. The van der Waals surface area contributed by atoms with Gasteiger partial charge in [0.1, 0.15) is 18.0 Å². The van der Waals surface area contributed by atoms with E-state index < -0.39 is 18.0 Å². The van der Waals surface area contributed by atoms with Crippen LogP contribution >= 0.6 is 0 Å². The summed E-state index contributed by atoms with van der Waals surface area (Å²) in [7, 11) is 2.95. The van der Waals surface area contributed by atoms with Crippen molar-refractivity contribution < 1.29 is 28.6 Å². The molecule has 0 saturated heterocycles. The summed E-state index contributed by atoms with van der Waals surface area (Å²) in [5.41, 5.74) is 0.984. The molecule has 1 atom stereocenters. The van der Waals surface area contributed by atoms with E-state index in [1.165, 1.54) is 38.2 Å². The molecule has 0 aliphatic heterocycles. The summed E-state index contributed by atoms with van der Waals surface area (Å²) in [4.78, 5) is 38.6. The largest absolute Gasteiger partial charge is 0.497 e. The quantitative estimate of drug-likeness (QED) is 0.634. The molecule has 0 aliphatic carbocycles. The fraction of sp³-hybridized carbons (Fsp3) is 0.318. The molecule has 0 aliphatic rings. The third kappa shape index (κ3) is 5.97. The zero-order valence-electron chi connectivity index (χ0n) is 17.5. The Morgan fingerprint density at radius 3 is 2.13 bits per heavy atom. The summed E-state index contributed by atoms with van der Waals surface area (Å²) in [6, 6.07) is 13.8. The van der Waals surface area contributed by atoms with Gasteiger partial charge >= 0.3 is 5.97 Å². The summed E-state index contributed by atoms with van der Waals surface area (Å²) in [5.74, 6) is -0.671. The van der Waals surface area contributed by atoms with Gasteiger partial charge in [-0.15, -0.1) is 0 Å². The number of hydrogen-bond acceptors (Lipinski definition) is 6. The highest BCUT2D eigenvalue weighted by molar-refractivity contribution is 5.98. The molecule has 0 fully saturated rings. The lowest BCUT2D eigenvalue weighted by Gasteiger charge is -2.24. The second-order valence-corrected chi connectivity index (χ2v) is 6.33.